The van der Waals surface area contributed by atoms with E-state index in [-0.39, 0.29) is 0 Å². The molecule has 1 aromatic rings. The summed E-state index contributed by atoms with van der Waals surface area (Å²) in [5.41, 5.74) is 2.87. The predicted octanol–water partition coefficient (Wildman–Crippen LogP) is 3.59. The molecule has 1 nitrogen and oxygen atoms in total. The quantitative estimate of drug-likeness (QED) is 0.754. The van der Waals surface area contributed by atoms with E-state index in [4.69, 9.17) is 0 Å². The number of likely N-dealkylation sites (tertiary alicyclic amines) is 1. The van der Waals surface area contributed by atoms with E-state index < -0.39 is 0 Å². The van der Waals surface area contributed by atoms with Gasteiger partial charge in [-0.15, -0.1) is 0 Å². The number of halogens is 1. The normalized spacial score (nSPS) is 18.0. The Labute approximate surface area is 106 Å². The largest absolute Gasteiger partial charge is 0.299 e. The molecule has 1 saturated heterocycles. The first-order valence-electron chi connectivity index (χ1n) is 5.73. The molecule has 1 aliphatic rings. The highest BCUT2D eigenvalue weighted by Crippen LogP contribution is 2.18. The van der Waals surface area contributed by atoms with Crippen LogP contribution in [0.2, 0.25) is 0 Å². The van der Waals surface area contributed by atoms with Gasteiger partial charge in [-0.05, 0) is 67.1 Å². The predicted molar refractivity (Wildman–Crippen MR) is 73.0 cm³/mol. The molecule has 2 heteroatoms. The van der Waals surface area contributed by atoms with Crippen LogP contribution >= 0.6 is 22.6 Å². The molecule has 1 aromatic carbocycles. The molecule has 0 saturated carbocycles. The van der Waals surface area contributed by atoms with Crippen molar-refractivity contribution in [3.05, 3.63) is 32.9 Å². The van der Waals surface area contributed by atoms with E-state index in [1.54, 1.807) is 0 Å². The van der Waals surface area contributed by atoms with Crippen LogP contribution in [-0.4, -0.2) is 18.0 Å². The summed E-state index contributed by atoms with van der Waals surface area (Å²) in [6.45, 7) is 5.88. The van der Waals surface area contributed by atoms with Crippen LogP contribution in [0.1, 0.15) is 30.4 Å². The summed E-state index contributed by atoms with van der Waals surface area (Å²) < 4.78 is 1.41. The van der Waals surface area contributed by atoms with Crippen LogP contribution in [0.3, 0.4) is 0 Å². The summed E-state index contributed by atoms with van der Waals surface area (Å²) in [4.78, 5) is 2.58. The third-order valence-electron chi connectivity index (χ3n) is 3.04. The zero-order valence-electron chi connectivity index (χ0n) is 9.30. The molecule has 1 heterocycles. The van der Waals surface area contributed by atoms with Gasteiger partial charge in [0.25, 0.3) is 0 Å². The Morgan fingerprint density at radius 1 is 1.20 bits per heavy atom. The molecule has 0 atom stereocenters. The van der Waals surface area contributed by atoms with E-state index in [1.807, 2.05) is 0 Å². The minimum absolute atomic E-state index is 1.14. The number of benzene rings is 1. The van der Waals surface area contributed by atoms with Gasteiger partial charge in [-0.2, -0.15) is 0 Å². The third-order valence-corrected chi connectivity index (χ3v) is 4.10. The Kier molecular flexibility index (Phi) is 4.03. The number of rotatable bonds is 2. The molecule has 82 valence electrons. The standard InChI is InChI=1S/C13H18IN/c1-11-5-6-13(14)12(9-11)10-15-7-3-2-4-8-15/h5-6,9H,2-4,7-8,10H2,1H3. The first-order valence-corrected chi connectivity index (χ1v) is 6.81. The number of aryl methyl sites for hydroxylation is 1. The van der Waals surface area contributed by atoms with Crippen LogP contribution in [0.15, 0.2) is 18.2 Å². The van der Waals surface area contributed by atoms with E-state index >= 15 is 0 Å². The molecule has 1 aliphatic heterocycles. The molecule has 0 N–H and O–H groups in total. The van der Waals surface area contributed by atoms with Crippen LogP contribution in [-0.2, 0) is 6.54 Å². The lowest BCUT2D eigenvalue weighted by atomic mass is 10.1. The molecule has 0 amide bonds. The molecule has 0 unspecified atom stereocenters. The van der Waals surface area contributed by atoms with E-state index in [9.17, 15) is 0 Å². The van der Waals surface area contributed by atoms with Gasteiger partial charge in [0.05, 0.1) is 0 Å². The fourth-order valence-electron chi connectivity index (χ4n) is 2.18. The Balaban J connectivity index is 2.05. The second-order valence-corrected chi connectivity index (χ2v) is 5.59. The molecule has 15 heavy (non-hydrogen) atoms. The number of piperidine rings is 1. The van der Waals surface area contributed by atoms with Gasteiger partial charge in [0.2, 0.25) is 0 Å². The highest BCUT2D eigenvalue weighted by Gasteiger charge is 2.11. The summed E-state index contributed by atoms with van der Waals surface area (Å²) in [5, 5.41) is 0. The van der Waals surface area contributed by atoms with Crippen molar-refractivity contribution in [3.63, 3.8) is 0 Å². The monoisotopic (exact) mass is 315 g/mol. The maximum Gasteiger partial charge on any atom is 0.0244 e. The lowest BCUT2D eigenvalue weighted by Crippen LogP contribution is -2.29. The molecular formula is C13H18IN. The van der Waals surface area contributed by atoms with Gasteiger partial charge >= 0.3 is 0 Å². The van der Waals surface area contributed by atoms with E-state index in [0.29, 0.717) is 0 Å². The van der Waals surface area contributed by atoms with Gasteiger partial charge in [0.1, 0.15) is 0 Å². The van der Waals surface area contributed by atoms with Crippen LogP contribution in [0.4, 0.5) is 0 Å². The Morgan fingerprint density at radius 2 is 1.93 bits per heavy atom. The molecule has 0 radical (unpaired) electrons. The Morgan fingerprint density at radius 3 is 2.67 bits per heavy atom. The Hall–Kier alpha value is -0.0900. The summed E-state index contributed by atoms with van der Waals surface area (Å²) in [6, 6.07) is 6.76. The second-order valence-electron chi connectivity index (χ2n) is 4.43. The maximum absolute atomic E-state index is 2.58. The van der Waals surface area contributed by atoms with Crippen LogP contribution in [0, 0.1) is 10.5 Å². The lowest BCUT2D eigenvalue weighted by Gasteiger charge is -2.26. The fraction of sp³-hybridized carbons (Fsp3) is 0.538. The first-order chi connectivity index (χ1) is 7.25. The van der Waals surface area contributed by atoms with Crippen molar-refractivity contribution >= 4 is 22.6 Å². The number of hydrogen-bond acceptors (Lipinski definition) is 1. The van der Waals surface area contributed by atoms with Crippen LogP contribution < -0.4 is 0 Å². The molecule has 0 spiro atoms. The first kappa shape index (κ1) is 11.4. The van der Waals surface area contributed by atoms with Crippen molar-refractivity contribution < 1.29 is 0 Å². The van der Waals surface area contributed by atoms with Crippen molar-refractivity contribution in [3.8, 4) is 0 Å². The van der Waals surface area contributed by atoms with Gasteiger partial charge < -0.3 is 0 Å². The zero-order chi connectivity index (χ0) is 10.7. The van der Waals surface area contributed by atoms with Crippen LogP contribution in [0.25, 0.3) is 0 Å². The number of hydrogen-bond donors (Lipinski definition) is 0. The summed E-state index contributed by atoms with van der Waals surface area (Å²) in [6.07, 6.45) is 4.17. The van der Waals surface area contributed by atoms with Crippen molar-refractivity contribution in [2.75, 3.05) is 13.1 Å². The summed E-state index contributed by atoms with van der Waals surface area (Å²) in [5.74, 6) is 0. The molecule has 1 fully saturated rings. The highest BCUT2D eigenvalue weighted by atomic mass is 127. The zero-order valence-corrected chi connectivity index (χ0v) is 11.5. The van der Waals surface area contributed by atoms with Gasteiger partial charge in [-0.25, -0.2) is 0 Å². The SMILES string of the molecule is Cc1ccc(I)c(CN2CCCCC2)c1. The van der Waals surface area contributed by atoms with Gasteiger partial charge in [-0.1, -0.05) is 24.1 Å². The lowest BCUT2D eigenvalue weighted by molar-refractivity contribution is 0.220. The summed E-state index contributed by atoms with van der Waals surface area (Å²) >= 11 is 2.45. The minimum atomic E-state index is 1.14. The maximum atomic E-state index is 2.58. The highest BCUT2D eigenvalue weighted by molar-refractivity contribution is 14.1. The van der Waals surface area contributed by atoms with Gasteiger partial charge in [-0.3, -0.25) is 4.90 Å². The van der Waals surface area contributed by atoms with Crippen molar-refractivity contribution in [2.45, 2.75) is 32.7 Å². The smallest absolute Gasteiger partial charge is 0.0244 e. The molecule has 2 rings (SSSR count). The van der Waals surface area contributed by atoms with Crippen molar-refractivity contribution in [1.82, 2.24) is 4.90 Å². The third kappa shape index (κ3) is 3.18. The molecule has 0 aliphatic carbocycles. The molecule has 0 aromatic heterocycles. The van der Waals surface area contributed by atoms with Crippen molar-refractivity contribution in [1.29, 1.82) is 0 Å². The van der Waals surface area contributed by atoms with Gasteiger partial charge in [0, 0.05) is 10.1 Å². The summed E-state index contributed by atoms with van der Waals surface area (Å²) in [7, 11) is 0. The number of nitrogens with zero attached hydrogens (tertiary/aromatic N) is 1. The topological polar surface area (TPSA) is 3.24 Å². The fourth-order valence-corrected chi connectivity index (χ4v) is 2.69. The molecule has 0 bridgehead atoms. The Bertz CT molecular complexity index is 329. The van der Waals surface area contributed by atoms with Crippen LogP contribution in [0.5, 0.6) is 0 Å². The van der Waals surface area contributed by atoms with Crippen molar-refractivity contribution in [2.24, 2.45) is 0 Å². The average molecular weight is 315 g/mol. The molecular weight excluding hydrogens is 297 g/mol. The van der Waals surface area contributed by atoms with E-state index in [1.165, 1.54) is 47.0 Å². The van der Waals surface area contributed by atoms with Gasteiger partial charge in [0.15, 0.2) is 0 Å². The minimum Gasteiger partial charge on any atom is -0.299 e. The average Bonchev–Trinajstić information content (AvgIpc) is 2.25. The van der Waals surface area contributed by atoms with E-state index in [2.05, 4.69) is 52.6 Å². The second kappa shape index (κ2) is 5.30. The van der Waals surface area contributed by atoms with E-state index in [0.717, 1.165) is 6.54 Å².